The maximum atomic E-state index is 12.1. The maximum absolute atomic E-state index is 12.1. The Bertz CT molecular complexity index is 506. The van der Waals surface area contributed by atoms with E-state index in [1.807, 2.05) is 19.1 Å². The molecule has 0 spiro atoms. The number of benzene rings is 1. The summed E-state index contributed by atoms with van der Waals surface area (Å²) in [5, 5.41) is 0. The zero-order valence-electron chi connectivity index (χ0n) is 13.8. The third-order valence-corrected chi connectivity index (χ3v) is 4.01. The summed E-state index contributed by atoms with van der Waals surface area (Å²) in [6.45, 7) is 7.25. The molecule has 0 bridgehead atoms. The number of carbonyl (C=O) groups is 1. The third kappa shape index (κ3) is 4.99. The minimum atomic E-state index is -0.237. The van der Waals surface area contributed by atoms with E-state index in [0.717, 1.165) is 31.4 Å². The summed E-state index contributed by atoms with van der Waals surface area (Å²) in [7, 11) is 0. The first-order valence-electron chi connectivity index (χ1n) is 8.06. The van der Waals surface area contributed by atoms with E-state index in [1.165, 1.54) is 11.1 Å². The molecule has 0 aromatic heterocycles. The van der Waals surface area contributed by atoms with Gasteiger partial charge in [-0.25, -0.2) is 0 Å². The Balaban J connectivity index is 1.86. The number of hydrogen-bond acceptors (Lipinski definition) is 3. The molecule has 3 heteroatoms. The average Bonchev–Trinajstić information content (AvgIpc) is 3.03. The quantitative estimate of drug-likeness (QED) is 0.588. The molecule has 0 aliphatic carbocycles. The van der Waals surface area contributed by atoms with Crippen molar-refractivity contribution in [2.45, 2.75) is 52.1 Å². The van der Waals surface area contributed by atoms with Crippen LogP contribution in [-0.2, 0) is 20.7 Å². The molecule has 1 saturated heterocycles. The summed E-state index contributed by atoms with van der Waals surface area (Å²) in [5.41, 5.74) is 3.57. The van der Waals surface area contributed by atoms with Crippen LogP contribution in [0.15, 0.2) is 35.9 Å². The summed E-state index contributed by atoms with van der Waals surface area (Å²) in [6.07, 6.45) is 5.27. The molecule has 22 heavy (non-hydrogen) atoms. The van der Waals surface area contributed by atoms with Crippen molar-refractivity contribution >= 4 is 5.97 Å². The van der Waals surface area contributed by atoms with Crippen LogP contribution in [0.4, 0.5) is 0 Å². The van der Waals surface area contributed by atoms with Crippen molar-refractivity contribution in [3.05, 3.63) is 47.0 Å². The topological polar surface area (TPSA) is 35.5 Å². The average molecular weight is 302 g/mol. The molecule has 1 aromatic carbocycles. The smallest absolute Gasteiger partial charge is 0.313 e. The fourth-order valence-corrected chi connectivity index (χ4v) is 2.48. The van der Waals surface area contributed by atoms with Crippen molar-refractivity contribution in [1.29, 1.82) is 0 Å². The molecule has 1 fully saturated rings. The minimum Gasteiger partial charge on any atom is -0.462 e. The highest BCUT2D eigenvalue weighted by molar-refractivity contribution is 5.77. The minimum absolute atomic E-state index is 0.0857. The van der Waals surface area contributed by atoms with Crippen molar-refractivity contribution < 1.29 is 14.3 Å². The van der Waals surface area contributed by atoms with Gasteiger partial charge < -0.3 is 9.47 Å². The summed E-state index contributed by atoms with van der Waals surface area (Å²) < 4.78 is 10.8. The van der Waals surface area contributed by atoms with Gasteiger partial charge in [-0.2, -0.15) is 0 Å². The van der Waals surface area contributed by atoms with E-state index in [2.05, 4.69) is 32.1 Å². The number of rotatable bonds is 6. The summed E-state index contributed by atoms with van der Waals surface area (Å²) >= 11 is 0. The molecular formula is C19H26O3. The van der Waals surface area contributed by atoms with Crippen molar-refractivity contribution in [2.24, 2.45) is 0 Å². The van der Waals surface area contributed by atoms with Crippen LogP contribution in [0.25, 0.3) is 0 Å². The van der Waals surface area contributed by atoms with Crippen LogP contribution >= 0.6 is 0 Å². The molecule has 2 atom stereocenters. The number of hydrogen-bond donors (Lipinski definition) is 0. The lowest BCUT2D eigenvalue weighted by Crippen LogP contribution is -2.21. The van der Waals surface area contributed by atoms with Gasteiger partial charge in [-0.05, 0) is 51.2 Å². The van der Waals surface area contributed by atoms with Gasteiger partial charge in [0, 0.05) is 6.61 Å². The standard InChI is InChI=1S/C19H26O3/c1-14(2)6-7-16-8-10-17(11-9-16)15(3)19(20)22-13-18-5-4-12-21-18/h6,8-11,15,18H,4-5,7,12-13H2,1-3H3. The lowest BCUT2D eigenvalue weighted by molar-refractivity contribution is -0.148. The highest BCUT2D eigenvalue weighted by atomic mass is 16.6. The molecule has 2 unspecified atom stereocenters. The highest BCUT2D eigenvalue weighted by Gasteiger charge is 2.21. The van der Waals surface area contributed by atoms with Crippen LogP contribution in [0, 0.1) is 0 Å². The second-order valence-electron chi connectivity index (χ2n) is 6.21. The van der Waals surface area contributed by atoms with E-state index in [9.17, 15) is 4.79 Å². The van der Waals surface area contributed by atoms with Crippen LogP contribution in [0.5, 0.6) is 0 Å². The summed E-state index contributed by atoms with van der Waals surface area (Å²) in [4.78, 5) is 12.1. The van der Waals surface area contributed by atoms with E-state index in [4.69, 9.17) is 9.47 Å². The van der Waals surface area contributed by atoms with Crippen molar-refractivity contribution in [3.63, 3.8) is 0 Å². The fraction of sp³-hybridized carbons (Fsp3) is 0.526. The predicted octanol–water partition coefficient (Wildman–Crippen LogP) is 4.02. The van der Waals surface area contributed by atoms with E-state index in [0.29, 0.717) is 6.61 Å². The molecule has 0 saturated carbocycles. The lowest BCUT2D eigenvalue weighted by atomic mass is 9.99. The summed E-state index contributed by atoms with van der Waals surface area (Å²) in [5.74, 6) is -0.411. The van der Waals surface area contributed by atoms with Crippen LogP contribution in [0.3, 0.4) is 0 Å². The first-order valence-corrected chi connectivity index (χ1v) is 8.06. The van der Waals surface area contributed by atoms with Gasteiger partial charge >= 0.3 is 5.97 Å². The zero-order chi connectivity index (χ0) is 15.9. The largest absolute Gasteiger partial charge is 0.462 e. The van der Waals surface area contributed by atoms with E-state index in [-0.39, 0.29) is 18.0 Å². The van der Waals surface area contributed by atoms with E-state index < -0.39 is 0 Å². The van der Waals surface area contributed by atoms with E-state index >= 15 is 0 Å². The van der Waals surface area contributed by atoms with Crippen molar-refractivity contribution in [2.75, 3.05) is 13.2 Å². The van der Waals surface area contributed by atoms with Gasteiger partial charge in [-0.1, -0.05) is 35.9 Å². The number of ether oxygens (including phenoxy) is 2. The Morgan fingerprint density at radius 1 is 1.36 bits per heavy atom. The zero-order valence-corrected chi connectivity index (χ0v) is 13.8. The predicted molar refractivity (Wildman–Crippen MR) is 87.9 cm³/mol. The molecule has 2 rings (SSSR count). The van der Waals surface area contributed by atoms with Crippen LogP contribution in [0.2, 0.25) is 0 Å². The van der Waals surface area contributed by atoms with Crippen LogP contribution in [0.1, 0.15) is 50.7 Å². The van der Waals surface area contributed by atoms with Crippen molar-refractivity contribution in [3.8, 4) is 0 Å². The second kappa shape index (κ2) is 8.14. The molecule has 0 radical (unpaired) electrons. The molecule has 3 nitrogen and oxygen atoms in total. The van der Waals surface area contributed by atoms with Crippen LogP contribution < -0.4 is 0 Å². The Labute approximate surface area is 133 Å². The van der Waals surface area contributed by atoms with Gasteiger partial charge in [-0.3, -0.25) is 4.79 Å². The van der Waals surface area contributed by atoms with E-state index in [1.54, 1.807) is 0 Å². The Hall–Kier alpha value is -1.61. The number of esters is 1. The SMILES string of the molecule is CC(C)=CCc1ccc(C(C)C(=O)OCC2CCCO2)cc1. The van der Waals surface area contributed by atoms with Gasteiger partial charge in [-0.15, -0.1) is 0 Å². The maximum Gasteiger partial charge on any atom is 0.313 e. The molecule has 1 aromatic rings. The van der Waals surface area contributed by atoms with Gasteiger partial charge in [0.15, 0.2) is 0 Å². The molecule has 120 valence electrons. The van der Waals surface area contributed by atoms with Gasteiger partial charge in [0.1, 0.15) is 6.61 Å². The molecule has 1 aliphatic rings. The van der Waals surface area contributed by atoms with Gasteiger partial charge in [0.05, 0.1) is 12.0 Å². The lowest BCUT2D eigenvalue weighted by Gasteiger charge is -2.14. The number of allylic oxidation sites excluding steroid dienone is 2. The molecule has 1 aliphatic heterocycles. The third-order valence-electron chi connectivity index (χ3n) is 4.01. The first-order chi connectivity index (χ1) is 10.6. The monoisotopic (exact) mass is 302 g/mol. The molecule has 0 amide bonds. The van der Waals surface area contributed by atoms with Gasteiger partial charge in [0.2, 0.25) is 0 Å². The Morgan fingerprint density at radius 3 is 2.68 bits per heavy atom. The van der Waals surface area contributed by atoms with Gasteiger partial charge in [0.25, 0.3) is 0 Å². The molecular weight excluding hydrogens is 276 g/mol. The molecule has 0 N–H and O–H groups in total. The normalized spacial score (nSPS) is 18.8. The highest BCUT2D eigenvalue weighted by Crippen LogP contribution is 2.19. The second-order valence-corrected chi connectivity index (χ2v) is 6.21. The van der Waals surface area contributed by atoms with Crippen molar-refractivity contribution in [1.82, 2.24) is 0 Å². The Morgan fingerprint density at radius 2 is 2.09 bits per heavy atom. The van der Waals surface area contributed by atoms with Crippen LogP contribution in [-0.4, -0.2) is 25.3 Å². The fourth-order valence-electron chi connectivity index (χ4n) is 2.48. The number of carbonyl (C=O) groups excluding carboxylic acids is 1. The molecule has 1 heterocycles. The summed E-state index contributed by atoms with van der Waals surface area (Å²) in [6, 6.07) is 8.20. The Kier molecular flexibility index (Phi) is 6.20. The first kappa shape index (κ1) is 16.8.